The highest BCUT2D eigenvalue weighted by Gasteiger charge is 2.06. The first-order valence-corrected chi connectivity index (χ1v) is 14.0. The van der Waals surface area contributed by atoms with Gasteiger partial charge in [-0.2, -0.15) is 16.8 Å². The molecule has 0 amide bonds. The number of Topliss-reactive ketones (excluding diaryl/α,β-unsaturated/α-hetero) is 1. The number of aryl methyl sites for hydroxylation is 1. The number of phosphoric acid groups is 1. The third-order valence-corrected chi connectivity index (χ3v) is 2.53. The molecule has 1 aromatic carbocycles. The molecule has 0 aliphatic rings. The highest BCUT2D eigenvalue weighted by molar-refractivity contribution is 7.85. The standard InChI is InChI=1S/C7H8O3S.C4H8O2.C3H6O.C2H4O2.C2H6O.H3O4P.H2O4S/c1-6-2-4-7(5-3-6)11(8,9)10;1-3-6-4(2)5;1-3(2)4;1-2(3)4;1-2-3;2*1-5(2,3)4/h2-5H,1H3,(H,8,9,10);3H2,1-2H3;1-2H3;1H3,(H,3,4);3H,2H2,1H3;(H3,1,2,3,4);(H2,1,2,3,4). The molecule has 0 aliphatic carbocycles. The van der Waals surface area contributed by atoms with Crippen molar-refractivity contribution >= 4 is 46.1 Å². The van der Waals surface area contributed by atoms with Crippen molar-refractivity contribution in [1.29, 1.82) is 0 Å². The van der Waals surface area contributed by atoms with Crippen molar-refractivity contribution in [3.63, 3.8) is 0 Å². The van der Waals surface area contributed by atoms with Crippen molar-refractivity contribution in [3.8, 4) is 0 Å². The Bertz CT molecular complexity index is 962. The first-order chi connectivity index (χ1) is 16.6. The van der Waals surface area contributed by atoms with E-state index < -0.39 is 34.3 Å². The van der Waals surface area contributed by atoms with E-state index in [1.807, 2.05) is 6.92 Å². The Morgan fingerprint density at radius 3 is 1.16 bits per heavy atom. The van der Waals surface area contributed by atoms with E-state index in [0.717, 1.165) is 12.5 Å². The van der Waals surface area contributed by atoms with Gasteiger partial charge in [-0.25, -0.2) is 4.57 Å². The Balaban J connectivity index is -0.0000000832. The van der Waals surface area contributed by atoms with Gasteiger partial charge < -0.3 is 34.4 Å². The molecule has 1 rings (SSSR count). The number of benzene rings is 1. The molecule has 0 saturated carbocycles. The molecule has 0 atom stereocenters. The average molecular weight is 621 g/mol. The molecular formula is C18H37O17PS2. The largest absolute Gasteiger partial charge is 0.481 e. The van der Waals surface area contributed by atoms with Crippen LogP contribution in [0.25, 0.3) is 0 Å². The number of aliphatic carboxylic acids is 1. The minimum Gasteiger partial charge on any atom is -0.481 e. The summed E-state index contributed by atoms with van der Waals surface area (Å²) in [6, 6.07) is 5.99. The maximum absolute atomic E-state index is 10.5. The van der Waals surface area contributed by atoms with Gasteiger partial charge in [0, 0.05) is 20.5 Å². The number of carboxylic acid groups (broad SMARTS) is 1. The van der Waals surface area contributed by atoms with Gasteiger partial charge in [-0.05, 0) is 46.8 Å². The van der Waals surface area contributed by atoms with Gasteiger partial charge in [0.1, 0.15) is 5.78 Å². The van der Waals surface area contributed by atoms with Gasteiger partial charge in [0.2, 0.25) is 0 Å². The zero-order valence-corrected chi connectivity index (χ0v) is 24.3. The van der Waals surface area contributed by atoms with Crippen molar-refractivity contribution in [2.75, 3.05) is 13.2 Å². The van der Waals surface area contributed by atoms with Crippen LogP contribution < -0.4 is 0 Å². The van der Waals surface area contributed by atoms with E-state index in [2.05, 4.69) is 4.74 Å². The van der Waals surface area contributed by atoms with Crippen LogP contribution in [-0.2, 0) is 44.2 Å². The molecule has 0 spiro atoms. The van der Waals surface area contributed by atoms with E-state index >= 15 is 0 Å². The third-order valence-electron chi connectivity index (χ3n) is 1.67. The molecule has 17 nitrogen and oxygen atoms in total. The number of hydrogen-bond acceptors (Lipinski definition) is 10. The van der Waals surface area contributed by atoms with E-state index in [1.165, 1.54) is 32.9 Å². The van der Waals surface area contributed by atoms with Crippen molar-refractivity contribution in [2.24, 2.45) is 0 Å². The molecular weight excluding hydrogens is 583 g/mol. The quantitative estimate of drug-likeness (QED) is 0.129. The number of aliphatic hydroxyl groups is 1. The van der Waals surface area contributed by atoms with Gasteiger partial charge in [-0.1, -0.05) is 17.7 Å². The summed E-state index contributed by atoms with van der Waals surface area (Å²) in [5.74, 6) is -0.877. The molecule has 0 saturated heterocycles. The molecule has 0 aromatic heterocycles. The van der Waals surface area contributed by atoms with Gasteiger partial charge in [0.05, 0.1) is 11.5 Å². The summed E-state index contributed by atoms with van der Waals surface area (Å²) in [6.07, 6.45) is 0. The SMILES string of the molecule is CC(=O)O.CC(C)=O.CCO.CCOC(C)=O.Cc1ccc(S(=O)(=O)O)cc1.O=P(O)(O)O.O=S(=O)(O)O. The topological polar surface area (TPSA) is 308 Å². The van der Waals surface area contributed by atoms with E-state index in [-0.39, 0.29) is 23.3 Å². The van der Waals surface area contributed by atoms with Crippen LogP contribution in [0.3, 0.4) is 0 Å². The summed E-state index contributed by atoms with van der Waals surface area (Å²) in [4.78, 5) is 49.8. The first kappa shape index (κ1) is 48.7. The summed E-state index contributed by atoms with van der Waals surface area (Å²) in [5.41, 5.74) is 0.956. The van der Waals surface area contributed by atoms with Gasteiger partial charge in [-0.15, -0.1) is 0 Å². The lowest BCUT2D eigenvalue weighted by Gasteiger charge is -1.95. The zero-order valence-electron chi connectivity index (χ0n) is 21.7. The van der Waals surface area contributed by atoms with Crippen LogP contribution in [0.4, 0.5) is 0 Å². The molecule has 0 heterocycles. The predicted molar refractivity (Wildman–Crippen MR) is 134 cm³/mol. The van der Waals surface area contributed by atoms with Crippen molar-refractivity contribution in [1.82, 2.24) is 0 Å². The number of ketones is 1. The second-order valence-electron chi connectivity index (χ2n) is 5.92. The van der Waals surface area contributed by atoms with E-state index in [4.69, 9.17) is 56.3 Å². The molecule has 8 N–H and O–H groups in total. The second-order valence-corrected chi connectivity index (χ2v) is 9.26. The number of aliphatic hydroxyl groups excluding tert-OH is 1. The molecule has 20 heteroatoms. The lowest BCUT2D eigenvalue weighted by Crippen LogP contribution is -1.96. The van der Waals surface area contributed by atoms with Gasteiger partial charge in [-0.3, -0.25) is 23.2 Å². The highest BCUT2D eigenvalue weighted by atomic mass is 32.3. The predicted octanol–water partition coefficient (Wildman–Crippen LogP) is 0.915. The van der Waals surface area contributed by atoms with Crippen LogP contribution >= 0.6 is 7.82 Å². The van der Waals surface area contributed by atoms with Gasteiger partial charge >= 0.3 is 24.2 Å². The van der Waals surface area contributed by atoms with Crippen molar-refractivity contribution < 1.29 is 79.1 Å². The summed E-state index contributed by atoms with van der Waals surface area (Å²) >= 11 is 0. The van der Waals surface area contributed by atoms with Crippen LogP contribution in [0.15, 0.2) is 29.2 Å². The first-order valence-electron chi connectivity index (χ1n) is 9.58. The Kier molecular flexibility index (Phi) is 35.5. The molecule has 0 radical (unpaired) electrons. The summed E-state index contributed by atoms with van der Waals surface area (Å²) in [6.45, 7) is 11.6. The lowest BCUT2D eigenvalue weighted by molar-refractivity contribution is -0.140. The highest BCUT2D eigenvalue weighted by Crippen LogP contribution is 2.25. The summed E-state index contributed by atoms with van der Waals surface area (Å²) < 4.78 is 74.4. The normalized spacial score (nSPS) is 9.42. The van der Waals surface area contributed by atoms with Gasteiger partial charge in [0.25, 0.3) is 16.1 Å². The second kappa shape index (κ2) is 27.7. The zero-order chi connectivity index (χ0) is 32.3. The molecule has 0 unspecified atom stereocenters. The number of carboxylic acids is 1. The number of ether oxygens (including phenoxy) is 1. The Labute approximate surface area is 221 Å². The maximum atomic E-state index is 10.5. The fourth-order valence-electron chi connectivity index (χ4n) is 0.914. The summed E-state index contributed by atoms with van der Waals surface area (Å²) in [7, 11) is -13.3. The third kappa shape index (κ3) is 129. The number of carbonyl (C=O) groups is 3. The molecule has 38 heavy (non-hydrogen) atoms. The maximum Gasteiger partial charge on any atom is 0.466 e. The van der Waals surface area contributed by atoms with Crippen LogP contribution in [0.1, 0.15) is 47.1 Å². The minimum atomic E-state index is -4.67. The van der Waals surface area contributed by atoms with Crippen LogP contribution in [-0.4, -0.2) is 86.3 Å². The smallest absolute Gasteiger partial charge is 0.466 e. The number of rotatable bonds is 2. The fraction of sp³-hybridized carbons (Fsp3) is 0.500. The van der Waals surface area contributed by atoms with Crippen molar-refractivity contribution in [3.05, 3.63) is 29.8 Å². The van der Waals surface area contributed by atoms with Crippen LogP contribution in [0.5, 0.6) is 0 Å². The van der Waals surface area contributed by atoms with E-state index in [1.54, 1.807) is 26.0 Å². The van der Waals surface area contributed by atoms with Crippen LogP contribution in [0.2, 0.25) is 0 Å². The Hall–Kier alpha value is -2.32. The lowest BCUT2D eigenvalue weighted by atomic mass is 10.2. The number of carbonyl (C=O) groups excluding carboxylic acids is 2. The van der Waals surface area contributed by atoms with Crippen LogP contribution in [0, 0.1) is 6.92 Å². The molecule has 0 bridgehead atoms. The summed E-state index contributed by atoms with van der Waals surface area (Å²) in [5, 5.41) is 15.0. The molecule has 228 valence electrons. The monoisotopic (exact) mass is 620 g/mol. The Morgan fingerprint density at radius 1 is 0.842 bits per heavy atom. The van der Waals surface area contributed by atoms with E-state index in [9.17, 15) is 18.0 Å². The number of esters is 1. The van der Waals surface area contributed by atoms with E-state index in [0.29, 0.717) is 6.61 Å². The fourth-order valence-corrected chi connectivity index (χ4v) is 1.39. The number of hydrogen-bond donors (Lipinski definition) is 8. The molecule has 0 aliphatic heterocycles. The minimum absolute atomic E-state index is 0.0666. The average Bonchev–Trinajstić information content (AvgIpc) is 2.58. The van der Waals surface area contributed by atoms with Crippen molar-refractivity contribution in [2.45, 2.75) is 53.4 Å². The molecule has 0 fully saturated rings. The van der Waals surface area contributed by atoms with Gasteiger partial charge in [0.15, 0.2) is 0 Å². The molecule has 1 aromatic rings. The Morgan fingerprint density at radius 2 is 1.05 bits per heavy atom.